The van der Waals surface area contributed by atoms with Gasteiger partial charge in [0.05, 0.1) is 25.5 Å². The summed E-state index contributed by atoms with van der Waals surface area (Å²) in [5.74, 6) is 0.728. The minimum absolute atomic E-state index is 0.286. The van der Waals surface area contributed by atoms with Crippen molar-refractivity contribution in [1.82, 2.24) is 10.1 Å². The number of aryl methyl sites for hydroxylation is 1. The summed E-state index contributed by atoms with van der Waals surface area (Å²) >= 11 is 0. The molecule has 0 saturated carbocycles. The minimum Gasteiger partial charge on any atom is -0.497 e. The van der Waals surface area contributed by atoms with Crippen molar-refractivity contribution in [3.63, 3.8) is 0 Å². The van der Waals surface area contributed by atoms with Crippen LogP contribution in [0, 0.1) is 6.92 Å². The van der Waals surface area contributed by atoms with Gasteiger partial charge in [0.25, 0.3) is 11.8 Å². The number of carbonyl (C=O) groups is 2. The summed E-state index contributed by atoms with van der Waals surface area (Å²) in [5, 5.41) is 6.40. The lowest BCUT2D eigenvalue weighted by atomic mass is 10.1. The Labute approximate surface area is 172 Å². The third-order valence-electron chi connectivity index (χ3n) is 4.21. The predicted octanol–water partition coefficient (Wildman–Crippen LogP) is 3.25. The number of nitrogens with one attached hydrogen (secondary N) is 1. The van der Waals surface area contributed by atoms with E-state index in [0.29, 0.717) is 34.5 Å². The smallest absolute Gasteiger partial charge is 0.338 e. The van der Waals surface area contributed by atoms with Crippen LogP contribution in [-0.4, -0.2) is 42.3 Å². The molecule has 0 spiro atoms. The first-order chi connectivity index (χ1) is 14.4. The molecule has 0 radical (unpaired) electrons. The molecule has 0 saturated heterocycles. The molecule has 0 aliphatic heterocycles. The molecular weight excluding hydrogens is 390 g/mol. The zero-order valence-electron chi connectivity index (χ0n) is 17.0. The van der Waals surface area contributed by atoms with Crippen molar-refractivity contribution in [2.75, 3.05) is 19.5 Å². The molecule has 1 N–H and O–H groups in total. The molecule has 3 aromatic rings. The zero-order valence-corrected chi connectivity index (χ0v) is 17.0. The second-order valence-electron chi connectivity index (χ2n) is 6.33. The van der Waals surface area contributed by atoms with Crippen LogP contribution in [0.25, 0.3) is 11.5 Å². The van der Waals surface area contributed by atoms with Crippen LogP contribution in [0.15, 0.2) is 47.0 Å². The molecule has 0 aliphatic rings. The van der Waals surface area contributed by atoms with E-state index < -0.39 is 18.0 Å². The van der Waals surface area contributed by atoms with E-state index >= 15 is 0 Å². The molecule has 156 valence electrons. The van der Waals surface area contributed by atoms with Crippen LogP contribution in [0.5, 0.6) is 11.5 Å². The number of hydrogen-bond donors (Lipinski definition) is 1. The van der Waals surface area contributed by atoms with Gasteiger partial charge in [-0.3, -0.25) is 4.79 Å². The molecule has 0 bridgehead atoms. The second-order valence-corrected chi connectivity index (χ2v) is 6.33. The van der Waals surface area contributed by atoms with Gasteiger partial charge < -0.3 is 24.1 Å². The number of carbonyl (C=O) groups excluding carboxylic acids is 2. The van der Waals surface area contributed by atoms with Gasteiger partial charge in [0.1, 0.15) is 11.5 Å². The van der Waals surface area contributed by atoms with E-state index in [4.69, 9.17) is 18.7 Å². The van der Waals surface area contributed by atoms with Gasteiger partial charge in [-0.25, -0.2) is 4.79 Å². The van der Waals surface area contributed by atoms with Gasteiger partial charge in [0.2, 0.25) is 0 Å². The van der Waals surface area contributed by atoms with Crippen LogP contribution in [0.1, 0.15) is 23.1 Å². The molecule has 1 aromatic heterocycles. The second kappa shape index (κ2) is 9.08. The Bertz CT molecular complexity index is 1050. The fourth-order valence-electron chi connectivity index (χ4n) is 2.59. The van der Waals surface area contributed by atoms with E-state index in [9.17, 15) is 9.59 Å². The molecular formula is C21H21N3O6. The third kappa shape index (κ3) is 4.75. The molecule has 9 nitrogen and oxygen atoms in total. The summed E-state index contributed by atoms with van der Waals surface area (Å²) in [6, 6.07) is 11.4. The predicted molar refractivity (Wildman–Crippen MR) is 108 cm³/mol. The fourth-order valence-corrected chi connectivity index (χ4v) is 2.59. The number of nitrogens with zero attached hydrogens (tertiary/aromatic N) is 2. The highest BCUT2D eigenvalue weighted by Crippen LogP contribution is 2.29. The lowest BCUT2D eigenvalue weighted by Gasteiger charge is -2.16. The van der Waals surface area contributed by atoms with Crippen molar-refractivity contribution in [3.05, 3.63) is 53.9 Å². The number of benzene rings is 2. The Morgan fingerprint density at radius 2 is 1.80 bits per heavy atom. The van der Waals surface area contributed by atoms with Crippen molar-refractivity contribution in [2.45, 2.75) is 20.0 Å². The number of methoxy groups -OCH3 is 2. The number of anilines is 1. The molecule has 1 atom stereocenters. The Morgan fingerprint density at radius 3 is 2.40 bits per heavy atom. The van der Waals surface area contributed by atoms with Crippen molar-refractivity contribution < 1.29 is 28.3 Å². The quantitative estimate of drug-likeness (QED) is 0.590. The monoisotopic (exact) mass is 411 g/mol. The van der Waals surface area contributed by atoms with Gasteiger partial charge in [-0.2, -0.15) is 4.98 Å². The van der Waals surface area contributed by atoms with Crippen molar-refractivity contribution >= 4 is 17.6 Å². The van der Waals surface area contributed by atoms with Crippen molar-refractivity contribution in [3.8, 4) is 23.0 Å². The lowest BCUT2D eigenvalue weighted by Crippen LogP contribution is -2.30. The highest BCUT2D eigenvalue weighted by atomic mass is 16.5. The Kier molecular flexibility index (Phi) is 6.31. The van der Waals surface area contributed by atoms with Crippen LogP contribution in [0.3, 0.4) is 0 Å². The number of rotatable bonds is 7. The maximum absolute atomic E-state index is 12.5. The minimum atomic E-state index is -1.04. The zero-order chi connectivity index (χ0) is 21.7. The van der Waals surface area contributed by atoms with Gasteiger partial charge in [0.15, 0.2) is 11.9 Å². The molecule has 0 fully saturated rings. The molecule has 30 heavy (non-hydrogen) atoms. The van der Waals surface area contributed by atoms with Gasteiger partial charge in [-0.05, 0) is 50.2 Å². The highest BCUT2D eigenvalue weighted by molar-refractivity contribution is 5.98. The van der Waals surface area contributed by atoms with Crippen LogP contribution in [0.4, 0.5) is 5.69 Å². The summed E-state index contributed by atoms with van der Waals surface area (Å²) < 4.78 is 20.7. The van der Waals surface area contributed by atoms with E-state index in [0.717, 1.165) is 0 Å². The van der Waals surface area contributed by atoms with Gasteiger partial charge in [-0.1, -0.05) is 5.16 Å². The molecule has 1 amide bonds. The molecule has 3 rings (SSSR count). The lowest BCUT2D eigenvalue weighted by molar-refractivity contribution is -0.123. The molecule has 0 aliphatic carbocycles. The summed E-state index contributed by atoms with van der Waals surface area (Å²) in [4.78, 5) is 29.0. The Balaban J connectivity index is 1.64. The topological polar surface area (TPSA) is 113 Å². The fraction of sp³-hybridized carbons (Fsp3) is 0.238. The molecule has 1 unspecified atom stereocenters. The summed E-state index contributed by atoms with van der Waals surface area (Å²) in [7, 11) is 3.00. The van der Waals surface area contributed by atoms with Gasteiger partial charge >= 0.3 is 5.97 Å². The Hall–Kier alpha value is -3.88. The summed E-state index contributed by atoms with van der Waals surface area (Å²) in [6.45, 7) is 3.20. The van der Waals surface area contributed by atoms with E-state index in [2.05, 4.69) is 15.5 Å². The molecule has 2 aromatic carbocycles. The number of hydrogen-bond acceptors (Lipinski definition) is 8. The summed E-state index contributed by atoms with van der Waals surface area (Å²) in [5.41, 5.74) is 1.36. The van der Waals surface area contributed by atoms with Gasteiger partial charge in [-0.15, -0.1) is 0 Å². The largest absolute Gasteiger partial charge is 0.497 e. The van der Waals surface area contributed by atoms with Crippen LogP contribution < -0.4 is 14.8 Å². The molecule has 1 heterocycles. The van der Waals surface area contributed by atoms with E-state index in [-0.39, 0.29) is 5.56 Å². The third-order valence-corrected chi connectivity index (χ3v) is 4.21. The SMILES string of the molecule is COc1ccc(OC)c(NC(=O)C(C)OC(=O)c2ccc(-c3nc(C)no3)cc2)c1. The number of aromatic nitrogens is 2. The van der Waals surface area contributed by atoms with Crippen molar-refractivity contribution in [1.29, 1.82) is 0 Å². The Morgan fingerprint density at radius 1 is 1.07 bits per heavy atom. The number of amides is 1. The van der Waals surface area contributed by atoms with Gasteiger partial charge in [0, 0.05) is 11.6 Å². The van der Waals surface area contributed by atoms with E-state index in [1.807, 2.05) is 0 Å². The molecule has 9 heteroatoms. The maximum atomic E-state index is 12.5. The first-order valence-corrected chi connectivity index (χ1v) is 9.06. The van der Waals surface area contributed by atoms with Crippen molar-refractivity contribution in [2.24, 2.45) is 0 Å². The number of ether oxygens (including phenoxy) is 3. The average molecular weight is 411 g/mol. The van der Waals surface area contributed by atoms with Crippen LogP contribution >= 0.6 is 0 Å². The normalized spacial score (nSPS) is 11.5. The van der Waals surface area contributed by atoms with E-state index in [1.54, 1.807) is 49.4 Å². The van der Waals surface area contributed by atoms with E-state index in [1.165, 1.54) is 21.1 Å². The van der Waals surface area contributed by atoms with Crippen LogP contribution in [0.2, 0.25) is 0 Å². The summed E-state index contributed by atoms with van der Waals surface area (Å²) in [6.07, 6.45) is -1.04. The first kappa shape index (κ1) is 20.8. The number of esters is 1. The first-order valence-electron chi connectivity index (χ1n) is 9.06. The average Bonchev–Trinajstić information content (AvgIpc) is 3.19. The van der Waals surface area contributed by atoms with Crippen LogP contribution in [-0.2, 0) is 9.53 Å². The standard InChI is InChI=1S/C21H21N3O6/c1-12(19(25)23-17-11-16(27-3)9-10-18(17)28-4)29-21(26)15-7-5-14(6-8-15)20-22-13(2)24-30-20/h5-12H,1-4H3,(H,23,25). The maximum Gasteiger partial charge on any atom is 0.338 e. The highest BCUT2D eigenvalue weighted by Gasteiger charge is 2.21.